The molecule has 0 aromatic heterocycles. The summed E-state index contributed by atoms with van der Waals surface area (Å²) in [5, 5.41) is 0.708. The topological polar surface area (TPSA) is 49.9 Å². The molecule has 1 atom stereocenters. The maximum atomic E-state index is 12.7. The number of rotatable bonds is 4. The zero-order valence-corrected chi connectivity index (χ0v) is 15.6. The predicted octanol–water partition coefficient (Wildman–Crippen LogP) is 3.24. The van der Waals surface area contributed by atoms with Crippen LogP contribution in [0.4, 0.5) is 0 Å². The van der Waals surface area contributed by atoms with Gasteiger partial charge in [-0.3, -0.25) is 9.59 Å². The van der Waals surface area contributed by atoms with Crippen LogP contribution in [0.15, 0.2) is 18.2 Å². The Bertz CT molecular complexity index is 619. The highest BCUT2D eigenvalue weighted by Crippen LogP contribution is 2.26. The Hall–Kier alpha value is -1.30. The summed E-state index contributed by atoms with van der Waals surface area (Å²) in [5.41, 5.74) is 0.337. The summed E-state index contributed by atoms with van der Waals surface area (Å²) >= 11 is 12.2. The number of ether oxygens (including phenoxy) is 1. The van der Waals surface area contributed by atoms with E-state index in [0.717, 1.165) is 25.9 Å². The second-order valence-electron chi connectivity index (χ2n) is 6.44. The molecule has 0 N–H and O–H groups in total. The van der Waals surface area contributed by atoms with Crippen LogP contribution in [0.3, 0.4) is 0 Å². The van der Waals surface area contributed by atoms with Crippen molar-refractivity contribution >= 4 is 35.0 Å². The lowest BCUT2D eigenvalue weighted by molar-refractivity contribution is -0.133. The fourth-order valence-electron chi connectivity index (χ4n) is 3.33. The van der Waals surface area contributed by atoms with E-state index in [9.17, 15) is 9.59 Å². The van der Waals surface area contributed by atoms with Gasteiger partial charge in [0.2, 0.25) is 5.91 Å². The highest BCUT2D eigenvalue weighted by molar-refractivity contribution is 6.39. The second kappa shape index (κ2) is 8.39. The molecule has 0 bridgehead atoms. The van der Waals surface area contributed by atoms with Gasteiger partial charge in [0.15, 0.2) is 0 Å². The fraction of sp³-hybridized carbons (Fsp3) is 0.556. The maximum absolute atomic E-state index is 12.7. The molecule has 0 aliphatic carbocycles. The van der Waals surface area contributed by atoms with Crippen molar-refractivity contribution in [2.45, 2.75) is 31.8 Å². The molecule has 2 fully saturated rings. The summed E-state index contributed by atoms with van der Waals surface area (Å²) in [4.78, 5) is 28.5. The first kappa shape index (κ1) is 18.5. The minimum absolute atomic E-state index is 0.137. The van der Waals surface area contributed by atoms with E-state index in [1.165, 1.54) is 0 Å². The zero-order chi connectivity index (χ0) is 17.8. The number of carbonyl (C=O) groups is 2. The number of benzene rings is 1. The summed E-state index contributed by atoms with van der Waals surface area (Å²) in [6.45, 7) is 2.87. The molecule has 2 aliphatic rings. The molecule has 25 heavy (non-hydrogen) atoms. The standard InChI is InChI=1S/C18H22Cl2N2O3/c19-14-4-1-5-15(20)17(14)18(24)22-10-8-21(9-11-22)16(23)7-6-13-3-2-12-25-13/h1,4-5,13H,2-3,6-12H2. The molecule has 1 aromatic carbocycles. The van der Waals surface area contributed by atoms with Crippen molar-refractivity contribution in [1.29, 1.82) is 0 Å². The molecule has 2 heterocycles. The Morgan fingerprint density at radius 2 is 1.72 bits per heavy atom. The number of halogens is 2. The van der Waals surface area contributed by atoms with Crippen LogP contribution in [0, 0.1) is 0 Å². The van der Waals surface area contributed by atoms with Crippen molar-refractivity contribution in [1.82, 2.24) is 9.80 Å². The Morgan fingerprint density at radius 3 is 2.32 bits per heavy atom. The van der Waals surface area contributed by atoms with Gasteiger partial charge < -0.3 is 14.5 Å². The van der Waals surface area contributed by atoms with Gasteiger partial charge >= 0.3 is 0 Å². The highest BCUT2D eigenvalue weighted by atomic mass is 35.5. The zero-order valence-electron chi connectivity index (χ0n) is 14.0. The number of piperazine rings is 1. The maximum Gasteiger partial charge on any atom is 0.257 e. The molecule has 2 amide bonds. The summed E-state index contributed by atoms with van der Waals surface area (Å²) in [7, 11) is 0. The summed E-state index contributed by atoms with van der Waals surface area (Å²) < 4.78 is 5.56. The van der Waals surface area contributed by atoms with Crippen LogP contribution in [0.25, 0.3) is 0 Å². The molecule has 1 aromatic rings. The summed E-state index contributed by atoms with van der Waals surface area (Å²) in [6, 6.07) is 5.03. The van der Waals surface area contributed by atoms with Gasteiger partial charge in [-0.25, -0.2) is 0 Å². The van der Waals surface area contributed by atoms with Crippen LogP contribution >= 0.6 is 23.2 Å². The van der Waals surface area contributed by atoms with E-state index in [-0.39, 0.29) is 17.9 Å². The molecule has 136 valence electrons. The van der Waals surface area contributed by atoms with E-state index in [0.29, 0.717) is 48.2 Å². The molecule has 7 heteroatoms. The second-order valence-corrected chi connectivity index (χ2v) is 7.26. The van der Waals surface area contributed by atoms with Crippen LogP contribution in [0.5, 0.6) is 0 Å². The van der Waals surface area contributed by atoms with Gasteiger partial charge in [-0.05, 0) is 31.4 Å². The van der Waals surface area contributed by atoms with E-state index in [1.807, 2.05) is 4.90 Å². The van der Waals surface area contributed by atoms with Crippen LogP contribution in [-0.2, 0) is 9.53 Å². The SMILES string of the molecule is O=C(CCC1CCCO1)N1CCN(C(=O)c2c(Cl)cccc2Cl)CC1. The normalized spacial score (nSPS) is 20.8. The van der Waals surface area contributed by atoms with Gasteiger partial charge in [0.05, 0.1) is 21.7 Å². The lowest BCUT2D eigenvalue weighted by Gasteiger charge is -2.35. The molecule has 5 nitrogen and oxygen atoms in total. The minimum Gasteiger partial charge on any atom is -0.378 e. The van der Waals surface area contributed by atoms with Crippen molar-refractivity contribution in [2.75, 3.05) is 32.8 Å². The molecular weight excluding hydrogens is 363 g/mol. The van der Waals surface area contributed by atoms with E-state index < -0.39 is 0 Å². The summed E-state index contributed by atoms with van der Waals surface area (Å²) in [6.07, 6.45) is 3.66. The third kappa shape index (κ3) is 4.46. The van der Waals surface area contributed by atoms with Crippen molar-refractivity contribution in [3.05, 3.63) is 33.8 Å². The monoisotopic (exact) mass is 384 g/mol. The molecule has 2 saturated heterocycles. The van der Waals surface area contributed by atoms with Gasteiger partial charge in [-0.1, -0.05) is 29.3 Å². The Kier molecular flexibility index (Phi) is 6.20. The largest absolute Gasteiger partial charge is 0.378 e. The Balaban J connectivity index is 1.51. The van der Waals surface area contributed by atoms with Crippen molar-refractivity contribution in [3.8, 4) is 0 Å². The van der Waals surface area contributed by atoms with Gasteiger partial charge in [-0.15, -0.1) is 0 Å². The lowest BCUT2D eigenvalue weighted by Crippen LogP contribution is -2.50. The molecule has 0 saturated carbocycles. The molecule has 0 spiro atoms. The van der Waals surface area contributed by atoms with E-state index in [2.05, 4.69) is 0 Å². The highest BCUT2D eigenvalue weighted by Gasteiger charge is 2.27. The molecular formula is C18H22Cl2N2O3. The predicted molar refractivity (Wildman–Crippen MR) is 97.2 cm³/mol. The average Bonchev–Trinajstić information content (AvgIpc) is 3.13. The molecule has 1 unspecified atom stereocenters. The first-order valence-electron chi connectivity index (χ1n) is 8.69. The van der Waals surface area contributed by atoms with Gasteiger partial charge in [-0.2, -0.15) is 0 Å². The molecule has 0 radical (unpaired) electrons. The average molecular weight is 385 g/mol. The van der Waals surface area contributed by atoms with E-state index in [4.69, 9.17) is 27.9 Å². The van der Waals surface area contributed by atoms with Crippen LogP contribution < -0.4 is 0 Å². The quantitative estimate of drug-likeness (QED) is 0.800. The number of nitrogens with zero attached hydrogens (tertiary/aromatic N) is 2. The Morgan fingerprint density at radius 1 is 1.08 bits per heavy atom. The smallest absolute Gasteiger partial charge is 0.257 e. The fourth-order valence-corrected chi connectivity index (χ4v) is 3.89. The number of carbonyl (C=O) groups excluding carboxylic acids is 2. The van der Waals surface area contributed by atoms with Crippen LogP contribution in [-0.4, -0.2) is 60.5 Å². The lowest BCUT2D eigenvalue weighted by atomic mass is 10.1. The minimum atomic E-state index is -0.179. The third-order valence-corrected chi connectivity index (χ3v) is 5.43. The van der Waals surface area contributed by atoms with Gasteiger partial charge in [0.1, 0.15) is 0 Å². The number of hydrogen-bond acceptors (Lipinski definition) is 3. The van der Waals surface area contributed by atoms with Crippen LogP contribution in [0.1, 0.15) is 36.0 Å². The van der Waals surface area contributed by atoms with E-state index >= 15 is 0 Å². The van der Waals surface area contributed by atoms with Crippen LogP contribution in [0.2, 0.25) is 10.0 Å². The van der Waals surface area contributed by atoms with Crippen molar-refractivity contribution < 1.29 is 14.3 Å². The summed E-state index contributed by atoms with van der Waals surface area (Å²) in [5.74, 6) is -0.0413. The number of hydrogen-bond donors (Lipinski definition) is 0. The van der Waals surface area contributed by atoms with Gasteiger partial charge in [0.25, 0.3) is 5.91 Å². The van der Waals surface area contributed by atoms with Crippen molar-refractivity contribution in [3.63, 3.8) is 0 Å². The first-order valence-corrected chi connectivity index (χ1v) is 9.44. The molecule has 3 rings (SSSR count). The van der Waals surface area contributed by atoms with Crippen molar-refractivity contribution in [2.24, 2.45) is 0 Å². The number of amides is 2. The molecule has 2 aliphatic heterocycles. The van der Waals surface area contributed by atoms with E-state index in [1.54, 1.807) is 23.1 Å². The first-order chi connectivity index (χ1) is 12.1. The Labute approximate surface area is 157 Å². The van der Waals surface area contributed by atoms with Gasteiger partial charge in [0, 0.05) is 39.2 Å². The third-order valence-electron chi connectivity index (χ3n) is 4.80.